The van der Waals surface area contributed by atoms with Crippen molar-refractivity contribution < 1.29 is 9.47 Å². The number of methoxy groups -OCH3 is 1. The number of hydrogen-bond donors (Lipinski definition) is 2. The Kier molecular flexibility index (Phi) is 10.3. The largest absolute Gasteiger partial charge is 0.381 e. The molecule has 2 N–H and O–H groups in total. The molecule has 0 atom stereocenters. The Hall–Kier alpha value is 0.270. The van der Waals surface area contributed by atoms with Crippen molar-refractivity contribution in [2.45, 2.75) is 37.0 Å². The van der Waals surface area contributed by atoms with Gasteiger partial charge in [-0.05, 0) is 32.9 Å². The van der Waals surface area contributed by atoms with E-state index in [1.807, 2.05) is 11.8 Å². The lowest BCUT2D eigenvalue weighted by Crippen LogP contribution is -2.50. The Labute approximate surface area is 150 Å². The fourth-order valence-electron chi connectivity index (χ4n) is 2.03. The molecule has 0 spiro atoms. The topological polar surface area (TPSA) is 54.9 Å². The Morgan fingerprint density at radius 2 is 1.95 bits per heavy atom. The first kappa shape index (κ1) is 21.3. The van der Waals surface area contributed by atoms with Crippen LogP contribution in [0.4, 0.5) is 0 Å². The fraction of sp³-hybridized carbons (Fsp3) is 0.929. The van der Waals surface area contributed by atoms with Crippen LogP contribution in [0.25, 0.3) is 0 Å². The van der Waals surface area contributed by atoms with Crippen molar-refractivity contribution in [1.82, 2.24) is 10.6 Å². The van der Waals surface area contributed by atoms with Gasteiger partial charge in [0.15, 0.2) is 5.96 Å². The molecule has 0 unspecified atom stereocenters. The van der Waals surface area contributed by atoms with Crippen LogP contribution in [0.1, 0.15) is 26.7 Å². The molecular formula is C14H30IN3O2S. The quantitative estimate of drug-likeness (QED) is 0.383. The van der Waals surface area contributed by atoms with Crippen LogP contribution in [0.15, 0.2) is 4.99 Å². The molecule has 1 rings (SSSR count). The summed E-state index contributed by atoms with van der Waals surface area (Å²) in [5.41, 5.74) is -0.201. The molecule has 0 aromatic rings. The average molecular weight is 431 g/mol. The molecular weight excluding hydrogens is 401 g/mol. The summed E-state index contributed by atoms with van der Waals surface area (Å²) in [5.74, 6) is 0.829. The Morgan fingerprint density at radius 1 is 1.33 bits per heavy atom. The summed E-state index contributed by atoms with van der Waals surface area (Å²) in [6.45, 7) is 7.43. The minimum atomic E-state index is -0.201. The number of rotatable bonds is 6. The van der Waals surface area contributed by atoms with Crippen molar-refractivity contribution in [3.63, 3.8) is 0 Å². The molecule has 0 aromatic heterocycles. The number of aliphatic imine (C=N–C) groups is 1. The number of nitrogens with one attached hydrogen (secondary N) is 2. The molecule has 0 radical (unpaired) electrons. The molecule has 0 bridgehead atoms. The average Bonchev–Trinajstić information content (AvgIpc) is 2.48. The third kappa shape index (κ3) is 7.38. The summed E-state index contributed by atoms with van der Waals surface area (Å²) in [7, 11) is 3.52. The molecule has 1 aliphatic rings. The second-order valence-electron chi connectivity index (χ2n) is 5.74. The van der Waals surface area contributed by atoms with Gasteiger partial charge in [-0.25, -0.2) is 0 Å². The molecule has 126 valence electrons. The maximum absolute atomic E-state index is 5.46. The molecule has 0 amide bonds. The van der Waals surface area contributed by atoms with Crippen LogP contribution >= 0.6 is 35.7 Å². The number of ether oxygens (including phenoxy) is 2. The number of hydrogen-bond acceptors (Lipinski definition) is 4. The summed E-state index contributed by atoms with van der Waals surface area (Å²) in [5, 5.41) is 6.75. The van der Waals surface area contributed by atoms with Gasteiger partial charge in [0.25, 0.3) is 0 Å². The monoisotopic (exact) mass is 431 g/mol. The van der Waals surface area contributed by atoms with E-state index < -0.39 is 0 Å². The van der Waals surface area contributed by atoms with Crippen LogP contribution in [0.3, 0.4) is 0 Å². The highest BCUT2D eigenvalue weighted by Crippen LogP contribution is 2.32. The lowest BCUT2D eigenvalue weighted by molar-refractivity contribution is 0.0268. The Balaban J connectivity index is 0.00000400. The van der Waals surface area contributed by atoms with E-state index in [1.165, 1.54) is 0 Å². The zero-order valence-corrected chi connectivity index (χ0v) is 17.0. The normalized spacial score (nSPS) is 18.8. The predicted octanol–water partition coefficient (Wildman–Crippen LogP) is 2.11. The lowest BCUT2D eigenvalue weighted by Gasteiger charge is -2.36. The summed E-state index contributed by atoms with van der Waals surface area (Å²) in [6, 6.07) is 0. The first-order valence-electron chi connectivity index (χ1n) is 7.09. The summed E-state index contributed by atoms with van der Waals surface area (Å²) < 4.78 is 11.1. The SMILES string of the molecule is CN=C(NCC(C)(C)OC)NCC1(SC)CCOCC1.I. The Morgan fingerprint density at radius 3 is 2.43 bits per heavy atom. The van der Waals surface area contributed by atoms with Gasteiger partial charge in [0, 0.05) is 45.2 Å². The zero-order valence-electron chi connectivity index (χ0n) is 13.8. The molecule has 0 aliphatic carbocycles. The van der Waals surface area contributed by atoms with Crippen molar-refractivity contribution in [2.75, 3.05) is 46.7 Å². The van der Waals surface area contributed by atoms with Crippen molar-refractivity contribution >= 4 is 41.7 Å². The van der Waals surface area contributed by atoms with Crippen LogP contribution in [-0.2, 0) is 9.47 Å². The van der Waals surface area contributed by atoms with Crippen molar-refractivity contribution in [2.24, 2.45) is 4.99 Å². The fourth-order valence-corrected chi connectivity index (χ4v) is 2.82. The third-order valence-electron chi connectivity index (χ3n) is 3.87. The summed E-state index contributed by atoms with van der Waals surface area (Å²) in [6.07, 6.45) is 4.35. The van der Waals surface area contributed by atoms with Crippen molar-refractivity contribution in [3.8, 4) is 0 Å². The molecule has 0 saturated carbocycles. The molecule has 1 saturated heterocycles. The van der Waals surface area contributed by atoms with Gasteiger partial charge in [0.05, 0.1) is 5.60 Å². The van der Waals surface area contributed by atoms with E-state index in [1.54, 1.807) is 14.2 Å². The van der Waals surface area contributed by atoms with Crippen LogP contribution in [0.2, 0.25) is 0 Å². The van der Waals surface area contributed by atoms with E-state index in [0.29, 0.717) is 0 Å². The van der Waals surface area contributed by atoms with Gasteiger partial charge in [-0.15, -0.1) is 24.0 Å². The van der Waals surface area contributed by atoms with Crippen LogP contribution in [-0.4, -0.2) is 63.0 Å². The van der Waals surface area contributed by atoms with Gasteiger partial charge in [0.1, 0.15) is 0 Å². The van der Waals surface area contributed by atoms with Gasteiger partial charge < -0.3 is 20.1 Å². The van der Waals surface area contributed by atoms with Crippen LogP contribution in [0, 0.1) is 0 Å². The van der Waals surface area contributed by atoms with E-state index in [-0.39, 0.29) is 34.3 Å². The van der Waals surface area contributed by atoms with Gasteiger partial charge in [-0.3, -0.25) is 4.99 Å². The van der Waals surface area contributed by atoms with E-state index in [2.05, 4.69) is 35.7 Å². The highest BCUT2D eigenvalue weighted by Gasteiger charge is 2.31. The minimum Gasteiger partial charge on any atom is -0.381 e. The van der Waals surface area contributed by atoms with Gasteiger partial charge in [-0.2, -0.15) is 11.8 Å². The third-order valence-corrected chi connectivity index (χ3v) is 5.29. The maximum atomic E-state index is 5.46. The van der Waals surface area contributed by atoms with E-state index in [9.17, 15) is 0 Å². The number of guanidine groups is 1. The lowest BCUT2D eigenvalue weighted by atomic mass is 9.99. The van der Waals surface area contributed by atoms with E-state index >= 15 is 0 Å². The Bertz CT molecular complexity index is 321. The van der Waals surface area contributed by atoms with Gasteiger partial charge in [0.2, 0.25) is 0 Å². The highest BCUT2D eigenvalue weighted by molar-refractivity contribution is 14.0. The molecule has 5 nitrogen and oxygen atoms in total. The maximum Gasteiger partial charge on any atom is 0.191 e. The second-order valence-corrected chi connectivity index (χ2v) is 7.02. The van der Waals surface area contributed by atoms with E-state index in [4.69, 9.17) is 9.47 Å². The predicted molar refractivity (Wildman–Crippen MR) is 102 cm³/mol. The smallest absolute Gasteiger partial charge is 0.191 e. The van der Waals surface area contributed by atoms with Gasteiger partial charge in [-0.1, -0.05) is 0 Å². The highest BCUT2D eigenvalue weighted by atomic mass is 127. The van der Waals surface area contributed by atoms with Crippen molar-refractivity contribution in [3.05, 3.63) is 0 Å². The molecule has 1 aliphatic heterocycles. The van der Waals surface area contributed by atoms with E-state index in [0.717, 1.165) is 45.1 Å². The molecule has 7 heteroatoms. The van der Waals surface area contributed by atoms with Gasteiger partial charge >= 0.3 is 0 Å². The summed E-state index contributed by atoms with van der Waals surface area (Å²) in [4.78, 5) is 4.27. The molecule has 1 fully saturated rings. The van der Waals surface area contributed by atoms with Crippen LogP contribution < -0.4 is 10.6 Å². The second kappa shape index (κ2) is 10.1. The number of halogens is 1. The molecule has 0 aromatic carbocycles. The number of thioether (sulfide) groups is 1. The number of nitrogens with zero attached hydrogens (tertiary/aromatic N) is 1. The standard InChI is InChI=1S/C14H29N3O2S.HI/c1-13(2,18-4)10-16-12(15-3)17-11-14(20-5)6-8-19-9-7-14;/h6-11H2,1-5H3,(H2,15,16,17);1H. The first-order chi connectivity index (χ1) is 9.47. The molecule has 21 heavy (non-hydrogen) atoms. The van der Waals surface area contributed by atoms with Crippen LogP contribution in [0.5, 0.6) is 0 Å². The first-order valence-corrected chi connectivity index (χ1v) is 8.32. The summed E-state index contributed by atoms with van der Waals surface area (Å²) >= 11 is 1.92. The zero-order chi connectivity index (χ0) is 15.1. The van der Waals surface area contributed by atoms with Crippen molar-refractivity contribution in [1.29, 1.82) is 0 Å². The minimum absolute atomic E-state index is 0. The molecule has 1 heterocycles.